The molecule has 0 spiro atoms. The van der Waals surface area contributed by atoms with Crippen LogP contribution in [0.5, 0.6) is 0 Å². The molecular formula is C25H49N. The van der Waals surface area contributed by atoms with Gasteiger partial charge in [-0.15, -0.1) is 0 Å². The van der Waals surface area contributed by atoms with Gasteiger partial charge in [0.1, 0.15) is 0 Å². The predicted octanol–water partition coefficient (Wildman–Crippen LogP) is 8.86. The number of aliphatic imine (C=N–C) groups is 1. The summed E-state index contributed by atoms with van der Waals surface area (Å²) in [4.78, 5) is 4.35. The van der Waals surface area contributed by atoms with Gasteiger partial charge in [0.2, 0.25) is 0 Å². The van der Waals surface area contributed by atoms with E-state index in [-0.39, 0.29) is 5.41 Å². The fourth-order valence-corrected chi connectivity index (χ4v) is 1.97. The van der Waals surface area contributed by atoms with Gasteiger partial charge in [-0.05, 0) is 29.7 Å². The van der Waals surface area contributed by atoms with Crippen LogP contribution in [0.4, 0.5) is 0 Å². The van der Waals surface area contributed by atoms with Gasteiger partial charge in [-0.3, -0.25) is 4.99 Å². The Hall–Kier alpha value is -0.850. The minimum atomic E-state index is 0.146. The van der Waals surface area contributed by atoms with E-state index in [2.05, 4.69) is 86.4 Å². The van der Waals surface area contributed by atoms with Crippen molar-refractivity contribution in [3.63, 3.8) is 0 Å². The van der Waals surface area contributed by atoms with Crippen LogP contribution < -0.4 is 0 Å². The lowest BCUT2D eigenvalue weighted by Crippen LogP contribution is -2.12. The molecule has 1 rings (SSSR count). The molecule has 26 heavy (non-hydrogen) atoms. The van der Waals surface area contributed by atoms with Crippen molar-refractivity contribution < 1.29 is 0 Å². The number of hydrogen-bond acceptors (Lipinski definition) is 1. The topological polar surface area (TPSA) is 12.4 Å². The molecule has 1 heterocycles. The van der Waals surface area contributed by atoms with Crippen molar-refractivity contribution in [3.8, 4) is 0 Å². The predicted molar refractivity (Wildman–Crippen MR) is 123 cm³/mol. The first-order chi connectivity index (χ1) is 12.2. The fraction of sp³-hybridized carbons (Fsp3) is 0.800. The second kappa shape index (κ2) is 16.3. The molecule has 154 valence electrons. The Morgan fingerprint density at radius 1 is 0.962 bits per heavy atom. The Morgan fingerprint density at radius 3 is 1.92 bits per heavy atom. The van der Waals surface area contributed by atoms with Gasteiger partial charge in [-0.25, -0.2) is 0 Å². The molecule has 0 saturated carbocycles. The Kier molecular flexibility index (Phi) is 17.2. The van der Waals surface area contributed by atoms with Crippen molar-refractivity contribution in [1.29, 1.82) is 0 Å². The van der Waals surface area contributed by atoms with E-state index in [1.807, 2.05) is 12.4 Å². The van der Waals surface area contributed by atoms with Gasteiger partial charge in [0.05, 0.1) is 0 Å². The van der Waals surface area contributed by atoms with Gasteiger partial charge in [-0.2, -0.15) is 0 Å². The number of allylic oxidation sites excluding steroid dienone is 3. The third-order valence-corrected chi connectivity index (χ3v) is 5.24. The molecule has 0 saturated heterocycles. The molecule has 1 heteroatoms. The minimum Gasteiger partial charge on any atom is -0.268 e. The van der Waals surface area contributed by atoms with Crippen molar-refractivity contribution >= 4 is 6.21 Å². The molecule has 2 atom stereocenters. The van der Waals surface area contributed by atoms with E-state index in [1.54, 1.807) is 0 Å². The molecule has 1 nitrogen and oxygen atoms in total. The minimum absolute atomic E-state index is 0.146. The summed E-state index contributed by atoms with van der Waals surface area (Å²) in [5.74, 6) is 2.40. The van der Waals surface area contributed by atoms with E-state index in [0.717, 1.165) is 18.3 Å². The van der Waals surface area contributed by atoms with Gasteiger partial charge < -0.3 is 0 Å². The first-order valence-electron chi connectivity index (χ1n) is 11.1. The van der Waals surface area contributed by atoms with Gasteiger partial charge in [0, 0.05) is 17.8 Å². The summed E-state index contributed by atoms with van der Waals surface area (Å²) >= 11 is 0. The van der Waals surface area contributed by atoms with E-state index in [0.29, 0.717) is 5.92 Å². The Balaban J connectivity index is 0. The second-order valence-corrected chi connectivity index (χ2v) is 8.71. The highest BCUT2D eigenvalue weighted by atomic mass is 14.7. The molecule has 0 amide bonds. The van der Waals surface area contributed by atoms with Gasteiger partial charge >= 0.3 is 0 Å². The summed E-state index contributed by atoms with van der Waals surface area (Å²) in [5, 5.41) is 0. The van der Waals surface area contributed by atoms with E-state index < -0.39 is 0 Å². The maximum Gasteiger partial charge on any atom is 0.0298 e. The van der Waals surface area contributed by atoms with Crippen LogP contribution in [0.2, 0.25) is 0 Å². The first-order valence-corrected chi connectivity index (χ1v) is 11.1. The van der Waals surface area contributed by atoms with Crippen LogP contribution in [0.3, 0.4) is 0 Å². The monoisotopic (exact) mass is 363 g/mol. The van der Waals surface area contributed by atoms with Gasteiger partial charge in [0.15, 0.2) is 0 Å². The molecule has 2 unspecified atom stereocenters. The maximum atomic E-state index is 4.35. The molecule has 0 aliphatic carbocycles. The Labute approximate surface area is 166 Å². The third kappa shape index (κ3) is 15.4. The highest BCUT2D eigenvalue weighted by Crippen LogP contribution is 2.25. The van der Waals surface area contributed by atoms with Crippen molar-refractivity contribution in [2.24, 2.45) is 28.2 Å². The lowest BCUT2D eigenvalue weighted by molar-refractivity contribution is 0.492. The molecule has 0 radical (unpaired) electrons. The van der Waals surface area contributed by atoms with E-state index >= 15 is 0 Å². The van der Waals surface area contributed by atoms with E-state index in [9.17, 15) is 0 Å². The van der Waals surface area contributed by atoms with Gasteiger partial charge in [0.25, 0.3) is 0 Å². The lowest BCUT2D eigenvalue weighted by Gasteiger charge is -2.16. The number of nitrogens with zero attached hydrogens (tertiary/aromatic N) is 1. The molecule has 0 aromatic heterocycles. The Morgan fingerprint density at radius 2 is 1.54 bits per heavy atom. The Bertz CT molecular complexity index is 400. The average molecular weight is 364 g/mol. The normalized spacial score (nSPS) is 19.9. The van der Waals surface area contributed by atoms with Crippen LogP contribution in [-0.2, 0) is 0 Å². The summed E-state index contributed by atoms with van der Waals surface area (Å²) in [6, 6.07) is 0. The number of hydrogen-bond donors (Lipinski definition) is 0. The summed E-state index contributed by atoms with van der Waals surface area (Å²) in [5.41, 5.74) is 1.46. The fourth-order valence-electron chi connectivity index (χ4n) is 1.97. The molecule has 1 aliphatic rings. The molecule has 0 aromatic rings. The van der Waals surface area contributed by atoms with Crippen molar-refractivity contribution in [3.05, 3.63) is 23.9 Å². The zero-order valence-corrected chi connectivity index (χ0v) is 19.7. The van der Waals surface area contributed by atoms with Crippen molar-refractivity contribution in [2.75, 3.05) is 0 Å². The van der Waals surface area contributed by atoms with E-state index in [1.165, 1.54) is 37.7 Å². The summed E-state index contributed by atoms with van der Waals surface area (Å²) in [6.45, 7) is 22.3. The molecule has 0 aromatic carbocycles. The zero-order valence-electron chi connectivity index (χ0n) is 19.7. The highest BCUT2D eigenvalue weighted by molar-refractivity contribution is 5.69. The second-order valence-electron chi connectivity index (χ2n) is 8.71. The molecule has 1 aliphatic heterocycles. The molecule has 0 fully saturated rings. The van der Waals surface area contributed by atoms with E-state index in [4.69, 9.17) is 0 Å². The molecule has 0 bridgehead atoms. The molecule has 0 N–H and O–H groups in total. The van der Waals surface area contributed by atoms with Crippen LogP contribution in [0.25, 0.3) is 0 Å². The summed E-state index contributed by atoms with van der Waals surface area (Å²) in [7, 11) is 0. The highest BCUT2D eigenvalue weighted by Gasteiger charge is 2.16. The van der Waals surface area contributed by atoms with Crippen LogP contribution >= 0.6 is 0 Å². The zero-order chi connectivity index (χ0) is 20.6. The standard InChI is InChI=1S/C12H19N.C8H18.C5H12/c1-5-12(4)7-6-11(10(2)3)8-13-9-12;1-4-6-7-8(3)5-2;1-4-5(2)3/h6-10H,5H2,1-4H3;8H,4-7H2,1-3H3;5H,4H2,1-3H3. The van der Waals surface area contributed by atoms with Crippen LogP contribution in [-0.4, -0.2) is 6.21 Å². The number of rotatable bonds is 7. The first kappa shape index (κ1) is 27.4. The van der Waals surface area contributed by atoms with Gasteiger partial charge in [-0.1, -0.05) is 113 Å². The largest absolute Gasteiger partial charge is 0.268 e. The number of unbranched alkanes of at least 4 members (excludes halogenated alkanes) is 1. The third-order valence-electron chi connectivity index (χ3n) is 5.24. The summed E-state index contributed by atoms with van der Waals surface area (Å²) in [6.07, 6.45) is 16.4. The van der Waals surface area contributed by atoms with Crippen molar-refractivity contribution in [1.82, 2.24) is 0 Å². The summed E-state index contributed by atoms with van der Waals surface area (Å²) < 4.78 is 0. The quantitative estimate of drug-likeness (QED) is 0.428. The maximum absolute atomic E-state index is 4.35. The lowest BCUT2D eigenvalue weighted by atomic mass is 9.88. The van der Waals surface area contributed by atoms with Crippen LogP contribution in [0.15, 0.2) is 28.9 Å². The van der Waals surface area contributed by atoms with Crippen molar-refractivity contribution in [2.45, 2.75) is 108 Å². The SMILES string of the molecule is CCC(C)C.CCC1(C)C=CC(C(C)C)=CN=C1.CCCCC(C)CC. The van der Waals surface area contributed by atoms with Crippen LogP contribution in [0.1, 0.15) is 108 Å². The smallest absolute Gasteiger partial charge is 0.0298 e. The van der Waals surface area contributed by atoms with Crippen LogP contribution in [0, 0.1) is 23.2 Å². The average Bonchev–Trinajstić information content (AvgIpc) is 2.83. The molecular weight excluding hydrogens is 314 g/mol.